The number of benzene rings is 2. The molecule has 5 rings (SSSR count). The highest BCUT2D eigenvalue weighted by atomic mass is 16.6. The van der Waals surface area contributed by atoms with E-state index >= 15 is 0 Å². The second kappa shape index (κ2) is 6.99. The number of hydrogen-bond acceptors (Lipinski definition) is 5. The van der Waals surface area contributed by atoms with Gasteiger partial charge in [-0.3, -0.25) is 4.90 Å². The Morgan fingerprint density at radius 2 is 1.71 bits per heavy atom. The molecule has 1 aliphatic carbocycles. The van der Waals surface area contributed by atoms with Gasteiger partial charge >= 0.3 is 5.63 Å². The largest absolute Gasteiger partial charge is 0.486 e. The zero-order chi connectivity index (χ0) is 19.1. The van der Waals surface area contributed by atoms with E-state index < -0.39 is 0 Å². The molecule has 2 heterocycles. The van der Waals surface area contributed by atoms with Crippen molar-refractivity contribution in [3.05, 3.63) is 69.1 Å². The van der Waals surface area contributed by atoms with E-state index in [0.717, 1.165) is 47.4 Å². The fourth-order valence-electron chi connectivity index (χ4n) is 4.27. The van der Waals surface area contributed by atoms with E-state index in [9.17, 15) is 4.79 Å². The van der Waals surface area contributed by atoms with Gasteiger partial charge in [0.1, 0.15) is 18.8 Å². The van der Waals surface area contributed by atoms with E-state index in [4.69, 9.17) is 13.9 Å². The molecule has 2 aromatic carbocycles. The zero-order valence-electron chi connectivity index (χ0n) is 16.0. The van der Waals surface area contributed by atoms with Crippen molar-refractivity contribution >= 4 is 11.0 Å². The summed E-state index contributed by atoms with van der Waals surface area (Å²) in [6.45, 7) is 2.61. The molecule has 1 aromatic heterocycles. The van der Waals surface area contributed by atoms with Crippen LogP contribution in [0.15, 0.2) is 45.6 Å². The molecule has 0 saturated heterocycles. The molecular formula is C23H23NO4. The van der Waals surface area contributed by atoms with Gasteiger partial charge in [-0.05, 0) is 72.8 Å². The molecule has 0 fully saturated rings. The predicted octanol–water partition coefficient (Wildman–Crippen LogP) is 3.68. The van der Waals surface area contributed by atoms with Gasteiger partial charge in [0.15, 0.2) is 11.5 Å². The van der Waals surface area contributed by atoms with Crippen molar-refractivity contribution in [2.75, 3.05) is 20.3 Å². The van der Waals surface area contributed by atoms with Crippen molar-refractivity contribution < 1.29 is 13.9 Å². The number of fused-ring (bicyclic) bond motifs is 3. The molecule has 0 radical (unpaired) electrons. The topological polar surface area (TPSA) is 51.9 Å². The molecule has 3 aromatic rings. The van der Waals surface area contributed by atoms with Crippen LogP contribution in [0.2, 0.25) is 0 Å². The van der Waals surface area contributed by atoms with Crippen LogP contribution in [0, 0.1) is 0 Å². The Kier molecular flexibility index (Phi) is 4.32. The Morgan fingerprint density at radius 1 is 0.929 bits per heavy atom. The third-order valence-corrected chi connectivity index (χ3v) is 5.54. The van der Waals surface area contributed by atoms with Crippen molar-refractivity contribution in [1.29, 1.82) is 0 Å². The molecule has 1 aliphatic heterocycles. The minimum atomic E-state index is -0.284. The number of rotatable bonds is 4. The van der Waals surface area contributed by atoms with Crippen molar-refractivity contribution in [3.63, 3.8) is 0 Å². The van der Waals surface area contributed by atoms with Crippen molar-refractivity contribution in [2.45, 2.75) is 32.4 Å². The standard InChI is InChI=1S/C23H23NO4/c1-24(13-15-5-6-20-22(9-15)27-8-7-26-20)14-18-12-23(25)28-21-11-17-4-2-3-16(17)10-19(18)21/h5-6,9-12H,2-4,7-8,13-14H2,1H3. The van der Waals surface area contributed by atoms with Gasteiger partial charge in [-0.1, -0.05) is 6.07 Å². The maximum atomic E-state index is 12.1. The molecule has 5 heteroatoms. The van der Waals surface area contributed by atoms with Gasteiger partial charge in [0.2, 0.25) is 0 Å². The van der Waals surface area contributed by atoms with Gasteiger partial charge in [-0.25, -0.2) is 4.79 Å². The SMILES string of the molecule is CN(Cc1ccc2c(c1)OCCO2)Cc1cc(=O)oc2cc3c(cc12)CCC3. The van der Waals surface area contributed by atoms with E-state index in [1.165, 1.54) is 17.5 Å². The van der Waals surface area contributed by atoms with Crippen molar-refractivity contribution in [3.8, 4) is 11.5 Å². The quantitative estimate of drug-likeness (QED) is 0.649. The molecule has 28 heavy (non-hydrogen) atoms. The molecule has 0 bridgehead atoms. The summed E-state index contributed by atoms with van der Waals surface area (Å²) in [5.41, 5.74) is 5.29. The Hall–Kier alpha value is -2.79. The summed E-state index contributed by atoms with van der Waals surface area (Å²) in [4.78, 5) is 14.3. The third kappa shape index (κ3) is 3.27. The summed E-state index contributed by atoms with van der Waals surface area (Å²) in [6.07, 6.45) is 3.36. The highest BCUT2D eigenvalue weighted by molar-refractivity contribution is 5.82. The highest BCUT2D eigenvalue weighted by Crippen LogP contribution is 2.32. The van der Waals surface area contributed by atoms with E-state index in [0.29, 0.717) is 25.3 Å². The molecule has 2 aliphatic rings. The molecule has 0 amide bonds. The molecule has 0 saturated carbocycles. The van der Waals surface area contributed by atoms with Crippen molar-refractivity contribution in [1.82, 2.24) is 4.90 Å². The Balaban J connectivity index is 1.41. The lowest BCUT2D eigenvalue weighted by molar-refractivity contribution is 0.171. The van der Waals surface area contributed by atoms with Gasteiger partial charge in [0.05, 0.1) is 0 Å². The average molecular weight is 377 g/mol. The smallest absolute Gasteiger partial charge is 0.336 e. The maximum absolute atomic E-state index is 12.1. The first-order valence-electron chi connectivity index (χ1n) is 9.81. The van der Waals surface area contributed by atoms with Gasteiger partial charge < -0.3 is 13.9 Å². The minimum absolute atomic E-state index is 0.284. The van der Waals surface area contributed by atoms with Crippen LogP contribution >= 0.6 is 0 Å². The number of aryl methyl sites for hydroxylation is 2. The van der Waals surface area contributed by atoms with Gasteiger partial charge in [0.25, 0.3) is 0 Å². The Morgan fingerprint density at radius 3 is 2.57 bits per heavy atom. The Bertz CT molecular complexity index is 1100. The number of ether oxygens (including phenoxy) is 2. The van der Waals surface area contributed by atoms with Crippen LogP contribution in [-0.2, 0) is 25.9 Å². The molecule has 0 unspecified atom stereocenters. The lowest BCUT2D eigenvalue weighted by atomic mass is 10.0. The minimum Gasteiger partial charge on any atom is -0.486 e. The Labute approximate surface area is 163 Å². The van der Waals surface area contributed by atoms with Crippen molar-refractivity contribution in [2.24, 2.45) is 0 Å². The second-order valence-electron chi connectivity index (χ2n) is 7.71. The van der Waals surface area contributed by atoms with Gasteiger partial charge in [-0.15, -0.1) is 0 Å². The van der Waals surface area contributed by atoms with Crippen LogP contribution in [0.25, 0.3) is 11.0 Å². The normalized spacial score (nSPS) is 15.2. The lowest BCUT2D eigenvalue weighted by Gasteiger charge is -2.21. The second-order valence-corrected chi connectivity index (χ2v) is 7.71. The molecule has 0 atom stereocenters. The molecule has 0 spiro atoms. The highest BCUT2D eigenvalue weighted by Gasteiger charge is 2.17. The number of hydrogen-bond donors (Lipinski definition) is 0. The van der Waals surface area contributed by atoms with Crippen LogP contribution < -0.4 is 15.1 Å². The van der Waals surface area contributed by atoms with Gasteiger partial charge in [0, 0.05) is 24.5 Å². The molecule has 5 nitrogen and oxygen atoms in total. The van der Waals surface area contributed by atoms with E-state index in [2.05, 4.69) is 30.1 Å². The summed E-state index contributed by atoms with van der Waals surface area (Å²) in [5.74, 6) is 1.61. The third-order valence-electron chi connectivity index (χ3n) is 5.54. The molecule has 0 N–H and O–H groups in total. The average Bonchev–Trinajstić information content (AvgIpc) is 3.13. The summed E-state index contributed by atoms with van der Waals surface area (Å²) in [6, 6.07) is 12.0. The van der Waals surface area contributed by atoms with E-state index in [1.807, 2.05) is 12.1 Å². The fraction of sp³-hybridized carbons (Fsp3) is 0.348. The first-order valence-corrected chi connectivity index (χ1v) is 9.81. The number of nitrogens with zero attached hydrogens (tertiary/aromatic N) is 1. The summed E-state index contributed by atoms with van der Waals surface area (Å²) in [7, 11) is 2.06. The van der Waals surface area contributed by atoms with Gasteiger partial charge in [-0.2, -0.15) is 0 Å². The summed E-state index contributed by atoms with van der Waals surface area (Å²) in [5, 5.41) is 1.05. The van der Waals surface area contributed by atoms with Crippen LogP contribution in [0.1, 0.15) is 28.7 Å². The first-order chi connectivity index (χ1) is 13.7. The van der Waals surface area contributed by atoms with Crippen LogP contribution in [0.3, 0.4) is 0 Å². The zero-order valence-corrected chi connectivity index (χ0v) is 16.0. The predicted molar refractivity (Wildman–Crippen MR) is 107 cm³/mol. The summed E-state index contributed by atoms with van der Waals surface area (Å²) < 4.78 is 16.8. The van der Waals surface area contributed by atoms with Crippen LogP contribution in [0.4, 0.5) is 0 Å². The van der Waals surface area contributed by atoms with Crippen LogP contribution in [-0.4, -0.2) is 25.2 Å². The molecule has 144 valence electrons. The van der Waals surface area contributed by atoms with Crippen LogP contribution in [0.5, 0.6) is 11.5 Å². The fourth-order valence-corrected chi connectivity index (χ4v) is 4.27. The van der Waals surface area contributed by atoms with E-state index in [-0.39, 0.29) is 5.63 Å². The maximum Gasteiger partial charge on any atom is 0.336 e. The first kappa shape index (κ1) is 17.3. The van der Waals surface area contributed by atoms with E-state index in [1.54, 1.807) is 6.07 Å². The lowest BCUT2D eigenvalue weighted by Crippen LogP contribution is -2.19. The monoisotopic (exact) mass is 377 g/mol. The summed E-state index contributed by atoms with van der Waals surface area (Å²) >= 11 is 0. The molecular weight excluding hydrogens is 354 g/mol.